The molecular weight excluding hydrogens is 377 g/mol. The van der Waals surface area contributed by atoms with Gasteiger partial charge in [-0.1, -0.05) is 31.9 Å². The quantitative estimate of drug-likeness (QED) is 0.787. The third-order valence-electron chi connectivity index (χ3n) is 2.58. The third kappa shape index (κ3) is 3.55. The van der Waals surface area contributed by atoms with E-state index in [1.807, 2.05) is 19.1 Å². The molecule has 5 heteroatoms. The second kappa shape index (κ2) is 6.03. The van der Waals surface area contributed by atoms with Crippen LogP contribution in [-0.4, -0.2) is 0 Å². The van der Waals surface area contributed by atoms with Crippen molar-refractivity contribution in [2.75, 3.05) is 0 Å². The smallest absolute Gasteiger partial charge is 0.166 e. The van der Waals surface area contributed by atoms with Gasteiger partial charge >= 0.3 is 0 Å². The van der Waals surface area contributed by atoms with Crippen LogP contribution in [0.15, 0.2) is 45.3 Å². The van der Waals surface area contributed by atoms with Crippen LogP contribution in [0.4, 0.5) is 4.39 Å². The molecule has 0 saturated heterocycles. The summed E-state index contributed by atoms with van der Waals surface area (Å²) >= 11 is 6.59. The Kier molecular flexibility index (Phi) is 4.60. The van der Waals surface area contributed by atoms with Gasteiger partial charge in [0.05, 0.1) is 0 Å². The van der Waals surface area contributed by atoms with Gasteiger partial charge in [-0.3, -0.25) is 0 Å². The number of rotatable bonds is 3. The van der Waals surface area contributed by atoms with E-state index in [0.29, 0.717) is 10.2 Å². The molecule has 0 spiro atoms. The van der Waals surface area contributed by atoms with Gasteiger partial charge in [0.2, 0.25) is 0 Å². The molecule has 2 rings (SSSR count). The molecule has 100 valence electrons. The highest BCUT2D eigenvalue weighted by atomic mass is 79.9. The van der Waals surface area contributed by atoms with E-state index >= 15 is 0 Å². The minimum Gasteiger partial charge on any atom is -0.454 e. The first kappa shape index (κ1) is 14.5. The normalized spacial score (nSPS) is 12.3. The number of benzene rings is 2. The van der Waals surface area contributed by atoms with E-state index in [4.69, 9.17) is 10.5 Å². The lowest BCUT2D eigenvalue weighted by atomic mass is 10.1. The lowest BCUT2D eigenvalue weighted by molar-refractivity contribution is 0.434. The fourth-order valence-corrected chi connectivity index (χ4v) is 2.36. The average Bonchev–Trinajstić information content (AvgIpc) is 2.34. The summed E-state index contributed by atoms with van der Waals surface area (Å²) in [5, 5.41) is 0. The molecule has 0 aromatic heterocycles. The molecule has 0 saturated carbocycles. The molecule has 2 N–H and O–H groups in total. The monoisotopic (exact) mass is 387 g/mol. The molecule has 0 heterocycles. The highest BCUT2D eigenvalue weighted by Gasteiger charge is 2.12. The van der Waals surface area contributed by atoms with E-state index in [9.17, 15) is 4.39 Å². The minimum absolute atomic E-state index is 0.174. The van der Waals surface area contributed by atoms with Gasteiger partial charge in [-0.25, -0.2) is 4.39 Å². The van der Waals surface area contributed by atoms with E-state index < -0.39 is 5.82 Å². The number of ether oxygens (including phenoxy) is 1. The topological polar surface area (TPSA) is 35.2 Å². The van der Waals surface area contributed by atoms with E-state index in [0.717, 1.165) is 10.0 Å². The number of halogens is 3. The van der Waals surface area contributed by atoms with Crippen LogP contribution in [0.1, 0.15) is 18.5 Å². The lowest BCUT2D eigenvalue weighted by Gasteiger charge is -2.14. The van der Waals surface area contributed by atoms with Gasteiger partial charge in [0, 0.05) is 20.6 Å². The summed E-state index contributed by atoms with van der Waals surface area (Å²) in [6, 6.07) is 9.93. The Morgan fingerprint density at radius 1 is 1.05 bits per heavy atom. The van der Waals surface area contributed by atoms with Crippen LogP contribution in [0.3, 0.4) is 0 Å². The molecule has 19 heavy (non-hydrogen) atoms. The Morgan fingerprint density at radius 2 is 1.63 bits per heavy atom. The van der Waals surface area contributed by atoms with Crippen molar-refractivity contribution in [1.82, 2.24) is 0 Å². The van der Waals surface area contributed by atoms with E-state index in [2.05, 4.69) is 31.9 Å². The molecule has 0 aliphatic heterocycles. The largest absolute Gasteiger partial charge is 0.454 e. The highest BCUT2D eigenvalue weighted by Crippen LogP contribution is 2.33. The molecule has 0 aliphatic rings. The van der Waals surface area contributed by atoms with Crippen molar-refractivity contribution >= 4 is 31.9 Å². The number of nitrogens with two attached hydrogens (primary N) is 1. The first-order chi connectivity index (χ1) is 8.97. The Labute approximate surface area is 128 Å². The van der Waals surface area contributed by atoms with Crippen LogP contribution < -0.4 is 10.5 Å². The summed E-state index contributed by atoms with van der Waals surface area (Å²) in [6.07, 6.45) is 0. The molecule has 0 amide bonds. The Hall–Kier alpha value is -0.910. The van der Waals surface area contributed by atoms with Gasteiger partial charge in [-0.05, 0) is 43.3 Å². The second-order valence-electron chi connectivity index (χ2n) is 4.15. The predicted octanol–water partition coefficient (Wildman–Crippen LogP) is 5.16. The molecular formula is C14H12Br2FNO. The lowest BCUT2D eigenvalue weighted by Crippen LogP contribution is -2.07. The van der Waals surface area contributed by atoms with Crippen LogP contribution in [0, 0.1) is 5.82 Å². The molecule has 2 nitrogen and oxygen atoms in total. The molecule has 1 unspecified atom stereocenters. The van der Waals surface area contributed by atoms with Gasteiger partial charge in [0.25, 0.3) is 0 Å². The molecule has 2 aromatic rings. The van der Waals surface area contributed by atoms with Crippen LogP contribution in [-0.2, 0) is 0 Å². The van der Waals surface area contributed by atoms with Crippen molar-refractivity contribution in [1.29, 1.82) is 0 Å². The molecule has 0 radical (unpaired) electrons. The molecule has 0 bridgehead atoms. The summed E-state index contributed by atoms with van der Waals surface area (Å²) in [4.78, 5) is 0. The van der Waals surface area contributed by atoms with Gasteiger partial charge in [0.1, 0.15) is 5.75 Å². The molecule has 1 atom stereocenters. The van der Waals surface area contributed by atoms with Crippen LogP contribution in [0.5, 0.6) is 11.5 Å². The summed E-state index contributed by atoms with van der Waals surface area (Å²) in [7, 11) is 0. The van der Waals surface area contributed by atoms with Crippen LogP contribution in [0.2, 0.25) is 0 Å². The van der Waals surface area contributed by atoms with E-state index in [1.165, 1.54) is 6.07 Å². The SMILES string of the molecule is CC(N)c1cc(Br)ccc1Oc1ccc(Br)cc1F. The van der Waals surface area contributed by atoms with Gasteiger partial charge in [0.15, 0.2) is 11.6 Å². The molecule has 0 fully saturated rings. The summed E-state index contributed by atoms with van der Waals surface area (Å²) in [6.45, 7) is 1.85. The predicted molar refractivity (Wildman–Crippen MR) is 80.9 cm³/mol. The second-order valence-corrected chi connectivity index (χ2v) is 5.98. The standard InChI is InChI=1S/C14H12Br2FNO/c1-8(18)11-6-9(15)2-4-13(11)19-14-5-3-10(16)7-12(14)17/h2-8H,18H2,1H3. The summed E-state index contributed by atoms with van der Waals surface area (Å²) < 4.78 is 20.9. The zero-order valence-corrected chi connectivity index (χ0v) is 13.3. The Balaban J connectivity index is 2.38. The van der Waals surface area contributed by atoms with Gasteiger partial charge in [-0.2, -0.15) is 0 Å². The first-order valence-corrected chi connectivity index (χ1v) is 7.24. The van der Waals surface area contributed by atoms with Crippen molar-refractivity contribution < 1.29 is 9.13 Å². The van der Waals surface area contributed by atoms with Crippen LogP contribution in [0.25, 0.3) is 0 Å². The maximum Gasteiger partial charge on any atom is 0.166 e. The fourth-order valence-electron chi connectivity index (χ4n) is 1.64. The zero-order valence-electron chi connectivity index (χ0n) is 10.2. The van der Waals surface area contributed by atoms with Gasteiger partial charge in [-0.15, -0.1) is 0 Å². The molecule has 2 aromatic carbocycles. The van der Waals surface area contributed by atoms with E-state index in [-0.39, 0.29) is 11.8 Å². The Morgan fingerprint density at radius 3 is 2.21 bits per heavy atom. The maximum absolute atomic E-state index is 13.8. The van der Waals surface area contributed by atoms with Crippen molar-refractivity contribution in [2.45, 2.75) is 13.0 Å². The van der Waals surface area contributed by atoms with Gasteiger partial charge < -0.3 is 10.5 Å². The highest BCUT2D eigenvalue weighted by molar-refractivity contribution is 9.10. The average molecular weight is 389 g/mol. The van der Waals surface area contributed by atoms with Crippen molar-refractivity contribution in [2.24, 2.45) is 5.73 Å². The number of hydrogen-bond donors (Lipinski definition) is 1. The molecule has 0 aliphatic carbocycles. The minimum atomic E-state index is -0.423. The zero-order chi connectivity index (χ0) is 14.0. The van der Waals surface area contributed by atoms with Crippen LogP contribution >= 0.6 is 31.9 Å². The fraction of sp³-hybridized carbons (Fsp3) is 0.143. The summed E-state index contributed by atoms with van der Waals surface area (Å²) in [5.74, 6) is 0.305. The van der Waals surface area contributed by atoms with Crippen molar-refractivity contribution in [3.8, 4) is 11.5 Å². The summed E-state index contributed by atoms with van der Waals surface area (Å²) in [5.41, 5.74) is 6.71. The maximum atomic E-state index is 13.8. The third-order valence-corrected chi connectivity index (χ3v) is 3.56. The van der Waals surface area contributed by atoms with E-state index in [1.54, 1.807) is 18.2 Å². The van der Waals surface area contributed by atoms with Crippen molar-refractivity contribution in [3.63, 3.8) is 0 Å². The Bertz CT molecular complexity index is 602. The first-order valence-electron chi connectivity index (χ1n) is 5.65. The van der Waals surface area contributed by atoms with Crippen molar-refractivity contribution in [3.05, 3.63) is 56.7 Å². The number of hydrogen-bond acceptors (Lipinski definition) is 2.